The summed E-state index contributed by atoms with van der Waals surface area (Å²) in [5.41, 5.74) is 1.61. The Kier molecular flexibility index (Phi) is 6.60. The Bertz CT molecular complexity index is 415. The summed E-state index contributed by atoms with van der Waals surface area (Å²) in [7, 11) is 1.88. The molecule has 0 saturated carbocycles. The highest BCUT2D eigenvalue weighted by molar-refractivity contribution is 5.94. The van der Waals surface area contributed by atoms with Crippen molar-refractivity contribution in [3.05, 3.63) is 35.4 Å². The third kappa shape index (κ3) is 6.01. The minimum Gasteiger partial charge on any atom is -0.352 e. The molecule has 5 heteroatoms. The van der Waals surface area contributed by atoms with Gasteiger partial charge in [-0.1, -0.05) is 12.1 Å². The Balaban J connectivity index is 2.42. The molecule has 0 aliphatic carbocycles. The zero-order valence-electron chi connectivity index (χ0n) is 11.5. The van der Waals surface area contributed by atoms with Crippen molar-refractivity contribution in [1.82, 2.24) is 16.0 Å². The molecule has 19 heavy (non-hydrogen) atoms. The minimum atomic E-state index is -0.0674. The van der Waals surface area contributed by atoms with Crippen LogP contribution in [0.2, 0.25) is 0 Å². The molecule has 0 radical (unpaired) electrons. The van der Waals surface area contributed by atoms with Crippen LogP contribution in [0.15, 0.2) is 24.3 Å². The summed E-state index contributed by atoms with van der Waals surface area (Å²) >= 11 is 0. The summed E-state index contributed by atoms with van der Waals surface area (Å²) in [6, 6.07) is 7.23. The Hall–Kier alpha value is -1.88. The fourth-order valence-electron chi connectivity index (χ4n) is 1.57. The zero-order valence-corrected chi connectivity index (χ0v) is 11.5. The van der Waals surface area contributed by atoms with E-state index in [-0.39, 0.29) is 11.8 Å². The molecule has 0 heterocycles. The number of carbonyl (C=O) groups is 2. The predicted molar refractivity (Wildman–Crippen MR) is 74.8 cm³/mol. The highest BCUT2D eigenvalue weighted by Crippen LogP contribution is 2.04. The van der Waals surface area contributed by atoms with Crippen LogP contribution in [0.4, 0.5) is 0 Å². The number of hydrogen-bond acceptors (Lipinski definition) is 3. The summed E-state index contributed by atoms with van der Waals surface area (Å²) in [5, 5.41) is 8.59. The van der Waals surface area contributed by atoms with Crippen molar-refractivity contribution in [2.45, 2.75) is 19.9 Å². The average Bonchev–Trinajstić information content (AvgIpc) is 2.41. The van der Waals surface area contributed by atoms with Crippen LogP contribution in [0.25, 0.3) is 0 Å². The first-order chi connectivity index (χ1) is 9.13. The molecule has 1 aromatic rings. The minimum absolute atomic E-state index is 0.0636. The van der Waals surface area contributed by atoms with Gasteiger partial charge in [-0.15, -0.1) is 0 Å². The molecule has 0 atom stereocenters. The highest BCUT2D eigenvalue weighted by atomic mass is 16.2. The standard InChI is InChI=1S/C14H21N3O2/c1-11(18)17-10-12-4-6-13(7-5-12)14(19)16-9-3-8-15-2/h4-7,15H,3,8-10H2,1-2H3,(H,16,19)(H,17,18). The van der Waals surface area contributed by atoms with E-state index in [1.165, 1.54) is 6.92 Å². The number of benzene rings is 1. The molecular formula is C14H21N3O2. The van der Waals surface area contributed by atoms with Gasteiger partial charge in [0.2, 0.25) is 5.91 Å². The number of hydrogen-bond donors (Lipinski definition) is 3. The zero-order chi connectivity index (χ0) is 14.1. The average molecular weight is 263 g/mol. The van der Waals surface area contributed by atoms with Gasteiger partial charge in [-0.25, -0.2) is 0 Å². The van der Waals surface area contributed by atoms with E-state index >= 15 is 0 Å². The molecule has 0 bridgehead atoms. The van der Waals surface area contributed by atoms with E-state index < -0.39 is 0 Å². The second-order valence-electron chi connectivity index (χ2n) is 4.32. The Morgan fingerprint density at radius 1 is 1.05 bits per heavy atom. The second kappa shape index (κ2) is 8.26. The van der Waals surface area contributed by atoms with Crippen molar-refractivity contribution in [2.24, 2.45) is 0 Å². The molecule has 0 spiro atoms. The lowest BCUT2D eigenvalue weighted by Crippen LogP contribution is -2.26. The van der Waals surface area contributed by atoms with Crippen molar-refractivity contribution < 1.29 is 9.59 Å². The van der Waals surface area contributed by atoms with Gasteiger partial charge in [-0.2, -0.15) is 0 Å². The molecule has 0 aliphatic heterocycles. The van der Waals surface area contributed by atoms with Crippen molar-refractivity contribution in [2.75, 3.05) is 20.1 Å². The molecule has 1 aromatic carbocycles. The van der Waals surface area contributed by atoms with Crippen LogP contribution >= 0.6 is 0 Å². The molecule has 0 fully saturated rings. The molecule has 1 rings (SSSR count). The topological polar surface area (TPSA) is 70.2 Å². The summed E-state index contributed by atoms with van der Waals surface area (Å²) in [6.45, 7) is 3.51. The fourth-order valence-corrected chi connectivity index (χ4v) is 1.57. The Morgan fingerprint density at radius 3 is 2.32 bits per heavy atom. The van der Waals surface area contributed by atoms with E-state index in [1.54, 1.807) is 12.1 Å². The van der Waals surface area contributed by atoms with Crippen LogP contribution in [0.5, 0.6) is 0 Å². The van der Waals surface area contributed by atoms with Gasteiger partial charge in [0.05, 0.1) is 0 Å². The van der Waals surface area contributed by atoms with Crippen LogP contribution in [0.1, 0.15) is 29.3 Å². The lowest BCUT2D eigenvalue weighted by atomic mass is 10.1. The lowest BCUT2D eigenvalue weighted by Gasteiger charge is -2.06. The number of rotatable bonds is 7. The third-order valence-corrected chi connectivity index (χ3v) is 2.65. The number of nitrogens with one attached hydrogen (secondary N) is 3. The van der Waals surface area contributed by atoms with E-state index in [4.69, 9.17) is 0 Å². The van der Waals surface area contributed by atoms with Gasteiger partial charge in [0.1, 0.15) is 0 Å². The molecule has 0 aromatic heterocycles. The van der Waals surface area contributed by atoms with Crippen LogP contribution in [0.3, 0.4) is 0 Å². The van der Waals surface area contributed by atoms with Gasteiger partial charge in [0.15, 0.2) is 0 Å². The highest BCUT2D eigenvalue weighted by Gasteiger charge is 2.04. The quantitative estimate of drug-likeness (QED) is 0.633. The van der Waals surface area contributed by atoms with Gasteiger partial charge < -0.3 is 16.0 Å². The second-order valence-corrected chi connectivity index (χ2v) is 4.32. The maximum atomic E-state index is 11.8. The first-order valence-electron chi connectivity index (χ1n) is 6.39. The predicted octanol–water partition coefficient (Wildman–Crippen LogP) is 0.662. The molecule has 5 nitrogen and oxygen atoms in total. The largest absolute Gasteiger partial charge is 0.352 e. The first-order valence-corrected chi connectivity index (χ1v) is 6.39. The molecule has 2 amide bonds. The molecule has 104 valence electrons. The van der Waals surface area contributed by atoms with Crippen molar-refractivity contribution in [3.63, 3.8) is 0 Å². The van der Waals surface area contributed by atoms with Gasteiger partial charge >= 0.3 is 0 Å². The Labute approximate surface area is 113 Å². The van der Waals surface area contributed by atoms with Crippen molar-refractivity contribution in [3.8, 4) is 0 Å². The smallest absolute Gasteiger partial charge is 0.251 e. The van der Waals surface area contributed by atoms with Crippen LogP contribution in [-0.2, 0) is 11.3 Å². The van der Waals surface area contributed by atoms with Crippen molar-refractivity contribution in [1.29, 1.82) is 0 Å². The number of amides is 2. The first kappa shape index (κ1) is 15.2. The van der Waals surface area contributed by atoms with Gasteiger partial charge in [-0.05, 0) is 37.7 Å². The van der Waals surface area contributed by atoms with E-state index in [0.717, 1.165) is 18.5 Å². The Morgan fingerprint density at radius 2 is 1.74 bits per heavy atom. The maximum Gasteiger partial charge on any atom is 0.251 e. The van der Waals surface area contributed by atoms with Gasteiger partial charge in [-0.3, -0.25) is 9.59 Å². The molecular weight excluding hydrogens is 242 g/mol. The fraction of sp³-hybridized carbons (Fsp3) is 0.429. The SMILES string of the molecule is CNCCCNC(=O)c1ccc(CNC(C)=O)cc1. The van der Waals surface area contributed by atoms with E-state index in [2.05, 4.69) is 16.0 Å². The molecule has 3 N–H and O–H groups in total. The summed E-state index contributed by atoms with van der Waals surface area (Å²) < 4.78 is 0. The lowest BCUT2D eigenvalue weighted by molar-refractivity contribution is -0.119. The van der Waals surface area contributed by atoms with E-state index in [0.29, 0.717) is 18.7 Å². The van der Waals surface area contributed by atoms with Crippen molar-refractivity contribution >= 4 is 11.8 Å². The normalized spacial score (nSPS) is 10.0. The van der Waals surface area contributed by atoms with E-state index in [1.807, 2.05) is 19.2 Å². The third-order valence-electron chi connectivity index (χ3n) is 2.65. The summed E-state index contributed by atoms with van der Waals surface area (Å²) in [5.74, 6) is -0.131. The number of carbonyl (C=O) groups excluding carboxylic acids is 2. The van der Waals surface area contributed by atoms with Gasteiger partial charge in [0.25, 0.3) is 5.91 Å². The van der Waals surface area contributed by atoms with Gasteiger partial charge in [0, 0.05) is 25.6 Å². The molecule has 0 unspecified atom stereocenters. The maximum absolute atomic E-state index is 11.8. The summed E-state index contributed by atoms with van der Waals surface area (Å²) in [4.78, 5) is 22.6. The monoisotopic (exact) mass is 263 g/mol. The molecule has 0 saturated heterocycles. The van der Waals surface area contributed by atoms with Crippen LogP contribution < -0.4 is 16.0 Å². The van der Waals surface area contributed by atoms with Crippen LogP contribution in [0, 0.1) is 0 Å². The molecule has 0 aliphatic rings. The van der Waals surface area contributed by atoms with Crippen LogP contribution in [-0.4, -0.2) is 32.0 Å². The summed E-state index contributed by atoms with van der Waals surface area (Å²) in [6.07, 6.45) is 0.906. The van der Waals surface area contributed by atoms with E-state index in [9.17, 15) is 9.59 Å².